The van der Waals surface area contributed by atoms with E-state index in [9.17, 15) is 9.90 Å². The molecule has 0 radical (unpaired) electrons. The summed E-state index contributed by atoms with van der Waals surface area (Å²) < 4.78 is 1.98. The molecule has 2 atom stereocenters. The molecule has 1 fully saturated rings. The summed E-state index contributed by atoms with van der Waals surface area (Å²) in [7, 11) is 1.97. The van der Waals surface area contributed by atoms with Crippen LogP contribution in [0.3, 0.4) is 0 Å². The Hall–Kier alpha value is -1.01. The minimum Gasteiger partial charge on any atom is -0.480 e. The van der Waals surface area contributed by atoms with E-state index in [4.69, 9.17) is 0 Å². The summed E-state index contributed by atoms with van der Waals surface area (Å²) >= 11 is 1.69. The Morgan fingerprint density at radius 2 is 2.40 bits per heavy atom. The lowest BCUT2D eigenvalue weighted by Crippen LogP contribution is -2.57. The fourth-order valence-corrected chi connectivity index (χ4v) is 4.18. The third-order valence-electron chi connectivity index (χ3n) is 3.73. The fraction of sp³-hybridized carbons (Fsp3) is 0.714. The lowest BCUT2D eigenvalue weighted by Gasteiger charge is -2.39. The Bertz CT molecular complexity index is 475. The minimum atomic E-state index is -0.782. The van der Waals surface area contributed by atoms with Crippen LogP contribution >= 0.6 is 11.8 Å². The van der Waals surface area contributed by atoms with Gasteiger partial charge in [-0.1, -0.05) is 11.8 Å². The molecule has 0 saturated heterocycles. The van der Waals surface area contributed by atoms with Crippen molar-refractivity contribution in [1.29, 1.82) is 0 Å². The second-order valence-electron chi connectivity index (χ2n) is 5.84. The minimum absolute atomic E-state index is 0.169. The standard InChI is InChI=1S/C14H23N3O2S/c1-10(2)16-14(12(18)19)6-4-5-11(9-14)20-13-15-7-8-17(13)3/h7-8,10-11,16H,4-6,9H2,1-3H3,(H,18,19). The first-order valence-corrected chi connectivity index (χ1v) is 7.96. The molecule has 20 heavy (non-hydrogen) atoms. The van der Waals surface area contributed by atoms with Gasteiger partial charge in [0, 0.05) is 30.7 Å². The van der Waals surface area contributed by atoms with Crippen molar-refractivity contribution in [2.24, 2.45) is 7.05 Å². The molecule has 1 aliphatic carbocycles. The van der Waals surface area contributed by atoms with Gasteiger partial charge in [-0.15, -0.1) is 0 Å². The maximum Gasteiger partial charge on any atom is 0.323 e. The van der Waals surface area contributed by atoms with E-state index in [1.165, 1.54) is 0 Å². The Morgan fingerprint density at radius 3 is 2.95 bits per heavy atom. The van der Waals surface area contributed by atoms with Gasteiger partial charge >= 0.3 is 5.97 Å². The van der Waals surface area contributed by atoms with Gasteiger partial charge in [-0.3, -0.25) is 10.1 Å². The van der Waals surface area contributed by atoms with Crippen LogP contribution in [0.15, 0.2) is 17.6 Å². The zero-order valence-corrected chi connectivity index (χ0v) is 13.1. The van der Waals surface area contributed by atoms with Crippen LogP contribution in [0.2, 0.25) is 0 Å². The number of hydrogen-bond acceptors (Lipinski definition) is 4. The Balaban J connectivity index is 2.09. The summed E-state index contributed by atoms with van der Waals surface area (Å²) in [5.41, 5.74) is -0.782. The van der Waals surface area contributed by atoms with Crippen LogP contribution in [0.5, 0.6) is 0 Å². The first kappa shape index (κ1) is 15.4. The molecule has 0 amide bonds. The number of thioether (sulfide) groups is 1. The molecule has 0 aliphatic heterocycles. The number of rotatable bonds is 5. The van der Waals surface area contributed by atoms with Crippen molar-refractivity contribution in [3.05, 3.63) is 12.4 Å². The third-order valence-corrected chi connectivity index (χ3v) is 5.07. The van der Waals surface area contributed by atoms with Crippen LogP contribution in [-0.4, -0.2) is 37.5 Å². The molecule has 1 aliphatic rings. The van der Waals surface area contributed by atoms with Crippen LogP contribution in [0.25, 0.3) is 0 Å². The predicted molar refractivity (Wildman–Crippen MR) is 80.0 cm³/mol. The highest BCUT2D eigenvalue weighted by atomic mass is 32.2. The lowest BCUT2D eigenvalue weighted by atomic mass is 9.81. The Kier molecular flexibility index (Phi) is 4.75. The second kappa shape index (κ2) is 6.18. The molecule has 1 heterocycles. The molecule has 0 aromatic carbocycles. The smallest absolute Gasteiger partial charge is 0.323 e. The number of imidazole rings is 1. The number of nitrogens with zero attached hydrogens (tertiary/aromatic N) is 2. The monoisotopic (exact) mass is 297 g/mol. The molecule has 2 N–H and O–H groups in total. The zero-order valence-electron chi connectivity index (χ0n) is 12.3. The number of carboxylic acids is 1. The summed E-state index contributed by atoms with van der Waals surface area (Å²) in [6.07, 6.45) is 7.04. The quantitative estimate of drug-likeness (QED) is 0.872. The average Bonchev–Trinajstić information content (AvgIpc) is 2.74. The number of aryl methyl sites for hydroxylation is 1. The largest absolute Gasteiger partial charge is 0.480 e. The Labute approximate surface area is 124 Å². The van der Waals surface area contributed by atoms with E-state index in [0.29, 0.717) is 18.1 Å². The van der Waals surface area contributed by atoms with Gasteiger partial charge in [-0.2, -0.15) is 0 Å². The van der Waals surface area contributed by atoms with Crippen LogP contribution in [0.1, 0.15) is 39.5 Å². The molecular formula is C14H23N3O2S. The first-order valence-electron chi connectivity index (χ1n) is 7.08. The predicted octanol–water partition coefficient (Wildman–Crippen LogP) is 2.28. The van der Waals surface area contributed by atoms with E-state index >= 15 is 0 Å². The number of nitrogens with one attached hydrogen (secondary N) is 1. The molecule has 1 saturated carbocycles. The van der Waals surface area contributed by atoms with E-state index in [0.717, 1.165) is 18.0 Å². The first-order chi connectivity index (χ1) is 9.43. The van der Waals surface area contributed by atoms with Gasteiger partial charge < -0.3 is 9.67 Å². The van der Waals surface area contributed by atoms with Crippen molar-refractivity contribution >= 4 is 17.7 Å². The SMILES string of the molecule is CC(C)NC1(C(=O)O)CCCC(Sc2nccn2C)C1. The van der Waals surface area contributed by atoms with Gasteiger partial charge in [-0.05, 0) is 39.5 Å². The topological polar surface area (TPSA) is 67.2 Å². The molecule has 0 bridgehead atoms. The van der Waals surface area contributed by atoms with E-state index in [1.54, 1.807) is 18.0 Å². The Morgan fingerprint density at radius 1 is 1.65 bits per heavy atom. The number of carboxylic acid groups (broad SMARTS) is 1. The van der Waals surface area contributed by atoms with Gasteiger partial charge in [0.25, 0.3) is 0 Å². The van der Waals surface area contributed by atoms with Gasteiger partial charge in [0.1, 0.15) is 5.54 Å². The maximum absolute atomic E-state index is 11.7. The highest BCUT2D eigenvalue weighted by Crippen LogP contribution is 2.38. The fourth-order valence-electron chi connectivity index (χ4n) is 2.88. The average molecular weight is 297 g/mol. The number of aromatic nitrogens is 2. The molecule has 6 heteroatoms. The van der Waals surface area contributed by atoms with Crippen molar-refractivity contribution < 1.29 is 9.90 Å². The molecule has 2 rings (SSSR count). The van der Waals surface area contributed by atoms with Crippen LogP contribution in [0, 0.1) is 0 Å². The van der Waals surface area contributed by atoms with E-state index in [-0.39, 0.29) is 6.04 Å². The number of hydrogen-bond donors (Lipinski definition) is 2. The summed E-state index contributed by atoms with van der Waals surface area (Å²) in [5.74, 6) is -0.726. The van der Waals surface area contributed by atoms with Gasteiger partial charge in [0.2, 0.25) is 0 Å². The summed E-state index contributed by atoms with van der Waals surface area (Å²) in [5, 5.41) is 14.2. The van der Waals surface area contributed by atoms with Crippen LogP contribution < -0.4 is 5.32 Å². The zero-order chi connectivity index (χ0) is 14.8. The molecular weight excluding hydrogens is 274 g/mol. The van der Waals surface area contributed by atoms with Crippen molar-refractivity contribution in [3.63, 3.8) is 0 Å². The molecule has 1 aromatic rings. The highest BCUT2D eigenvalue weighted by Gasteiger charge is 2.43. The molecule has 112 valence electrons. The molecule has 2 unspecified atom stereocenters. The summed E-state index contributed by atoms with van der Waals surface area (Å²) in [4.78, 5) is 16.1. The van der Waals surface area contributed by atoms with Crippen LogP contribution in [0.4, 0.5) is 0 Å². The molecule has 1 aromatic heterocycles. The van der Waals surface area contributed by atoms with Gasteiger partial charge in [0.05, 0.1) is 0 Å². The van der Waals surface area contributed by atoms with Crippen molar-refractivity contribution in [3.8, 4) is 0 Å². The van der Waals surface area contributed by atoms with Crippen molar-refractivity contribution in [1.82, 2.24) is 14.9 Å². The van der Waals surface area contributed by atoms with Gasteiger partial charge in [0.15, 0.2) is 5.16 Å². The van der Waals surface area contributed by atoms with Crippen molar-refractivity contribution in [2.75, 3.05) is 0 Å². The second-order valence-corrected chi connectivity index (χ2v) is 7.11. The maximum atomic E-state index is 11.7. The van der Waals surface area contributed by atoms with E-state index < -0.39 is 11.5 Å². The van der Waals surface area contributed by atoms with E-state index in [1.807, 2.05) is 31.7 Å². The van der Waals surface area contributed by atoms with Crippen LogP contribution in [-0.2, 0) is 11.8 Å². The number of aliphatic carboxylic acids is 1. The summed E-state index contributed by atoms with van der Waals surface area (Å²) in [6, 6.07) is 0.169. The molecule has 0 spiro atoms. The van der Waals surface area contributed by atoms with Gasteiger partial charge in [-0.25, -0.2) is 4.98 Å². The number of carbonyl (C=O) groups is 1. The highest BCUT2D eigenvalue weighted by molar-refractivity contribution is 7.99. The lowest BCUT2D eigenvalue weighted by molar-refractivity contribution is -0.146. The van der Waals surface area contributed by atoms with Crippen molar-refractivity contribution in [2.45, 2.75) is 61.5 Å². The third kappa shape index (κ3) is 3.35. The van der Waals surface area contributed by atoms with E-state index in [2.05, 4.69) is 10.3 Å². The normalized spacial score (nSPS) is 26.9. The molecule has 5 nitrogen and oxygen atoms in total. The summed E-state index contributed by atoms with van der Waals surface area (Å²) in [6.45, 7) is 4.00.